The third kappa shape index (κ3) is 6.04. The van der Waals surface area contributed by atoms with E-state index < -0.39 is 11.6 Å². The van der Waals surface area contributed by atoms with Gasteiger partial charge in [0.2, 0.25) is 5.91 Å². The summed E-state index contributed by atoms with van der Waals surface area (Å²) in [6, 6.07) is 12.7. The summed E-state index contributed by atoms with van der Waals surface area (Å²) in [4.78, 5) is 30.9. The maximum absolute atomic E-state index is 13.6. The Morgan fingerprint density at radius 3 is 2.66 bits per heavy atom. The molecule has 2 aromatic carbocycles. The zero-order valence-corrected chi connectivity index (χ0v) is 20.1. The number of methoxy groups -OCH3 is 1. The van der Waals surface area contributed by atoms with Crippen LogP contribution in [0.25, 0.3) is 0 Å². The molecular formula is C26H26F2N2O4S. The normalized spacial score (nSPS) is 14.9. The number of nitrogens with zero attached hydrogens (tertiary/aromatic N) is 2. The first kappa shape index (κ1) is 24.8. The lowest BCUT2D eigenvalue weighted by atomic mass is 10.0. The smallest absolute Gasteiger partial charge is 0.254 e. The van der Waals surface area contributed by atoms with Crippen molar-refractivity contribution in [2.24, 2.45) is 0 Å². The average Bonchev–Trinajstić information content (AvgIpc) is 3.34. The molecule has 1 aliphatic rings. The third-order valence-corrected chi connectivity index (χ3v) is 6.89. The third-order valence-electron chi connectivity index (χ3n) is 5.89. The van der Waals surface area contributed by atoms with E-state index in [-0.39, 0.29) is 44.2 Å². The maximum atomic E-state index is 13.6. The standard InChI is InChI=1S/C26H26F2N2O4S/c1-33-13-12-29(26(32)18-5-7-19(27)8-6-18)16-25(31)30-11-9-24-22(10-14-35-24)23(30)17-34-21-4-2-3-20(28)15-21/h2-8,10,14-15,23H,9,11-13,16-17H2,1H3. The molecule has 1 unspecified atom stereocenters. The molecule has 0 bridgehead atoms. The molecule has 2 heterocycles. The van der Waals surface area contributed by atoms with Gasteiger partial charge in [0.15, 0.2) is 0 Å². The summed E-state index contributed by atoms with van der Waals surface area (Å²) < 4.78 is 37.9. The molecule has 1 aliphatic heterocycles. The van der Waals surface area contributed by atoms with Crippen molar-refractivity contribution in [3.05, 3.63) is 87.6 Å². The molecule has 0 saturated carbocycles. The van der Waals surface area contributed by atoms with Crippen LogP contribution in [-0.2, 0) is 16.0 Å². The minimum atomic E-state index is -0.443. The van der Waals surface area contributed by atoms with Gasteiger partial charge in [-0.1, -0.05) is 6.07 Å². The second-order valence-electron chi connectivity index (χ2n) is 8.15. The Morgan fingerprint density at radius 1 is 1.11 bits per heavy atom. The topological polar surface area (TPSA) is 59.1 Å². The lowest BCUT2D eigenvalue weighted by Gasteiger charge is -2.37. The highest BCUT2D eigenvalue weighted by Gasteiger charge is 2.33. The molecule has 0 fully saturated rings. The van der Waals surface area contributed by atoms with Crippen molar-refractivity contribution in [3.8, 4) is 5.75 Å². The van der Waals surface area contributed by atoms with Crippen molar-refractivity contribution in [2.75, 3.05) is 40.0 Å². The molecule has 9 heteroatoms. The predicted octanol–water partition coefficient (Wildman–Crippen LogP) is 4.32. The van der Waals surface area contributed by atoms with Gasteiger partial charge >= 0.3 is 0 Å². The lowest BCUT2D eigenvalue weighted by Crippen LogP contribution is -2.48. The molecule has 0 spiro atoms. The number of carbonyl (C=O) groups is 2. The van der Waals surface area contributed by atoms with Gasteiger partial charge in [-0.15, -0.1) is 11.3 Å². The van der Waals surface area contributed by atoms with Crippen LogP contribution in [0.4, 0.5) is 8.78 Å². The van der Waals surface area contributed by atoms with E-state index in [1.54, 1.807) is 28.4 Å². The van der Waals surface area contributed by atoms with E-state index in [2.05, 4.69) is 0 Å². The lowest BCUT2D eigenvalue weighted by molar-refractivity contribution is -0.135. The first-order valence-electron chi connectivity index (χ1n) is 11.2. The number of ether oxygens (including phenoxy) is 2. The van der Waals surface area contributed by atoms with E-state index in [9.17, 15) is 18.4 Å². The molecule has 1 atom stereocenters. The van der Waals surface area contributed by atoms with Crippen molar-refractivity contribution in [1.82, 2.24) is 9.80 Å². The van der Waals surface area contributed by atoms with Gasteiger partial charge in [0.1, 0.15) is 30.5 Å². The summed E-state index contributed by atoms with van der Waals surface area (Å²) in [5.74, 6) is -1.07. The average molecular weight is 501 g/mol. The highest BCUT2D eigenvalue weighted by molar-refractivity contribution is 7.10. The molecule has 3 aromatic rings. The van der Waals surface area contributed by atoms with E-state index in [1.165, 1.54) is 53.3 Å². The summed E-state index contributed by atoms with van der Waals surface area (Å²) in [6.07, 6.45) is 0.708. The van der Waals surface area contributed by atoms with Gasteiger partial charge in [-0.2, -0.15) is 0 Å². The number of carbonyl (C=O) groups excluding carboxylic acids is 2. The first-order valence-corrected chi connectivity index (χ1v) is 12.1. The molecule has 4 rings (SSSR count). The monoisotopic (exact) mass is 500 g/mol. The Bertz CT molecular complexity index is 1170. The molecule has 0 saturated heterocycles. The molecular weight excluding hydrogens is 474 g/mol. The van der Waals surface area contributed by atoms with Crippen molar-refractivity contribution in [1.29, 1.82) is 0 Å². The molecule has 2 amide bonds. The van der Waals surface area contributed by atoms with Gasteiger partial charge in [0.25, 0.3) is 5.91 Å². The SMILES string of the molecule is COCCN(CC(=O)N1CCc2sccc2C1COc1cccc(F)c1)C(=O)c1ccc(F)cc1. The van der Waals surface area contributed by atoms with Crippen molar-refractivity contribution < 1.29 is 27.8 Å². The minimum Gasteiger partial charge on any atom is -0.491 e. The number of halogens is 2. The summed E-state index contributed by atoms with van der Waals surface area (Å²) in [5.41, 5.74) is 1.29. The number of fused-ring (bicyclic) bond motifs is 1. The van der Waals surface area contributed by atoms with Crippen LogP contribution in [-0.4, -0.2) is 61.6 Å². The number of hydrogen-bond donors (Lipinski definition) is 0. The van der Waals surface area contributed by atoms with Crippen LogP contribution >= 0.6 is 11.3 Å². The summed E-state index contributed by atoms with van der Waals surface area (Å²) in [7, 11) is 1.52. The van der Waals surface area contributed by atoms with Crippen molar-refractivity contribution >= 4 is 23.2 Å². The van der Waals surface area contributed by atoms with E-state index in [1.807, 2.05) is 11.4 Å². The summed E-state index contributed by atoms with van der Waals surface area (Å²) in [6.45, 7) is 0.937. The number of benzene rings is 2. The Kier molecular flexibility index (Phi) is 8.09. The van der Waals surface area contributed by atoms with Gasteiger partial charge in [-0.05, 0) is 59.8 Å². The zero-order chi connectivity index (χ0) is 24.8. The molecule has 6 nitrogen and oxygen atoms in total. The van der Waals surface area contributed by atoms with Crippen LogP contribution in [0.2, 0.25) is 0 Å². The molecule has 0 radical (unpaired) electrons. The van der Waals surface area contributed by atoms with Crippen molar-refractivity contribution in [2.45, 2.75) is 12.5 Å². The van der Waals surface area contributed by atoms with Gasteiger partial charge in [0.05, 0.1) is 12.6 Å². The fraction of sp³-hybridized carbons (Fsp3) is 0.308. The Morgan fingerprint density at radius 2 is 1.91 bits per heavy atom. The number of thiophene rings is 1. The summed E-state index contributed by atoms with van der Waals surface area (Å²) >= 11 is 1.63. The maximum Gasteiger partial charge on any atom is 0.254 e. The Hall–Kier alpha value is -3.30. The zero-order valence-electron chi connectivity index (χ0n) is 19.3. The van der Waals surface area contributed by atoms with Gasteiger partial charge in [-0.3, -0.25) is 9.59 Å². The van der Waals surface area contributed by atoms with E-state index in [0.717, 1.165) is 5.56 Å². The predicted molar refractivity (Wildman–Crippen MR) is 129 cm³/mol. The second-order valence-corrected chi connectivity index (χ2v) is 9.15. The number of amides is 2. The second kappa shape index (κ2) is 11.4. The van der Waals surface area contributed by atoms with Crippen LogP contribution in [0, 0.1) is 11.6 Å². The quantitative estimate of drug-likeness (QED) is 0.439. The minimum absolute atomic E-state index is 0.156. The molecule has 1 aromatic heterocycles. The van der Waals surface area contributed by atoms with E-state index in [0.29, 0.717) is 24.3 Å². The largest absolute Gasteiger partial charge is 0.491 e. The van der Waals surface area contributed by atoms with Gasteiger partial charge in [-0.25, -0.2) is 8.78 Å². The first-order chi connectivity index (χ1) is 17.0. The van der Waals surface area contributed by atoms with Crippen LogP contribution in [0.15, 0.2) is 60.0 Å². The highest BCUT2D eigenvalue weighted by Crippen LogP contribution is 2.34. The van der Waals surface area contributed by atoms with Crippen LogP contribution in [0.3, 0.4) is 0 Å². The Balaban J connectivity index is 1.52. The molecule has 184 valence electrons. The summed E-state index contributed by atoms with van der Waals surface area (Å²) in [5, 5.41) is 1.98. The van der Waals surface area contributed by atoms with Gasteiger partial charge < -0.3 is 19.3 Å². The van der Waals surface area contributed by atoms with E-state index >= 15 is 0 Å². The van der Waals surface area contributed by atoms with Crippen LogP contribution in [0.5, 0.6) is 5.75 Å². The molecule has 0 N–H and O–H groups in total. The Labute approximate surface area is 206 Å². The van der Waals surface area contributed by atoms with Crippen LogP contribution < -0.4 is 4.74 Å². The number of hydrogen-bond acceptors (Lipinski definition) is 5. The van der Waals surface area contributed by atoms with Gasteiger partial charge in [0, 0.05) is 36.7 Å². The fourth-order valence-electron chi connectivity index (χ4n) is 4.09. The highest BCUT2D eigenvalue weighted by atomic mass is 32.1. The molecule has 35 heavy (non-hydrogen) atoms. The van der Waals surface area contributed by atoms with Crippen molar-refractivity contribution in [3.63, 3.8) is 0 Å². The fourth-order valence-corrected chi connectivity index (χ4v) is 5.02. The van der Waals surface area contributed by atoms with Crippen LogP contribution in [0.1, 0.15) is 26.8 Å². The molecule has 0 aliphatic carbocycles. The number of rotatable bonds is 9. The van der Waals surface area contributed by atoms with E-state index in [4.69, 9.17) is 9.47 Å².